The quantitative estimate of drug-likeness (QED) is 0.719. The molecule has 2 aromatic rings. The molecule has 0 saturated carbocycles. The summed E-state index contributed by atoms with van der Waals surface area (Å²) in [6, 6.07) is 15.8. The maximum absolute atomic E-state index is 12.3. The topological polar surface area (TPSA) is 84.9 Å². The molecule has 7 nitrogen and oxygen atoms in total. The number of nitrogens with one attached hydrogen (secondary N) is 1. The van der Waals surface area contributed by atoms with Crippen LogP contribution in [0.4, 0.5) is 5.69 Å². The van der Waals surface area contributed by atoms with Crippen molar-refractivity contribution in [2.75, 3.05) is 31.7 Å². The van der Waals surface area contributed by atoms with Crippen LogP contribution < -0.4 is 15.0 Å². The lowest BCUT2D eigenvalue weighted by Crippen LogP contribution is -2.36. The van der Waals surface area contributed by atoms with Crippen molar-refractivity contribution in [1.29, 1.82) is 0 Å². The minimum atomic E-state index is -0.698. The van der Waals surface area contributed by atoms with Crippen LogP contribution in [-0.2, 0) is 14.3 Å². The van der Waals surface area contributed by atoms with E-state index in [-0.39, 0.29) is 12.5 Å². The molecule has 1 N–H and O–H groups in total. The average molecular weight is 370 g/mol. The van der Waals surface area contributed by atoms with Gasteiger partial charge >= 0.3 is 5.97 Å². The summed E-state index contributed by atoms with van der Waals surface area (Å²) in [7, 11) is 1.46. The van der Waals surface area contributed by atoms with E-state index in [4.69, 9.17) is 9.47 Å². The first-order valence-corrected chi connectivity index (χ1v) is 8.49. The highest BCUT2D eigenvalue weighted by Crippen LogP contribution is 2.16. The fraction of sp³-hybridized carbons (Fsp3) is 0.250. The number of methoxy groups -OCH3 is 1. The Morgan fingerprint density at radius 2 is 1.67 bits per heavy atom. The molecule has 0 aliphatic rings. The van der Waals surface area contributed by atoms with Gasteiger partial charge in [0.1, 0.15) is 12.3 Å². The highest BCUT2D eigenvalue weighted by Gasteiger charge is 2.17. The fourth-order valence-electron chi connectivity index (χ4n) is 2.46. The Labute approximate surface area is 157 Å². The summed E-state index contributed by atoms with van der Waals surface area (Å²) in [5.74, 6) is -1.10. The third kappa shape index (κ3) is 5.57. The molecule has 0 unspecified atom stereocenters. The van der Waals surface area contributed by atoms with Crippen molar-refractivity contribution < 1.29 is 23.9 Å². The van der Waals surface area contributed by atoms with Crippen LogP contribution in [0.15, 0.2) is 54.6 Å². The highest BCUT2D eigenvalue weighted by atomic mass is 16.5. The molecule has 0 atom stereocenters. The molecular weight excluding hydrogens is 348 g/mol. The molecule has 27 heavy (non-hydrogen) atoms. The van der Waals surface area contributed by atoms with E-state index in [1.165, 1.54) is 12.0 Å². The standard InChI is InChI=1S/C20H22N2O5/c1-3-22(15-9-5-4-6-10-15)18(23)14-27-19(24)13-21-20(25)16-11-7-8-12-17(16)26-2/h4-12H,3,13-14H2,1-2H3,(H,21,25). The molecule has 7 heteroatoms. The third-order valence-corrected chi connectivity index (χ3v) is 3.79. The molecule has 0 radical (unpaired) electrons. The first-order valence-electron chi connectivity index (χ1n) is 8.49. The summed E-state index contributed by atoms with van der Waals surface area (Å²) in [5.41, 5.74) is 1.04. The molecule has 2 amide bonds. The Balaban J connectivity index is 1.83. The molecule has 2 aromatic carbocycles. The van der Waals surface area contributed by atoms with Gasteiger partial charge in [0.2, 0.25) is 0 Å². The number of anilines is 1. The van der Waals surface area contributed by atoms with Crippen molar-refractivity contribution in [2.24, 2.45) is 0 Å². The zero-order valence-electron chi connectivity index (χ0n) is 15.3. The van der Waals surface area contributed by atoms with Gasteiger partial charge in [-0.2, -0.15) is 0 Å². The summed E-state index contributed by atoms with van der Waals surface area (Å²) in [5, 5.41) is 2.45. The highest BCUT2D eigenvalue weighted by molar-refractivity contribution is 5.99. The number of nitrogens with zero attached hydrogens (tertiary/aromatic N) is 1. The number of para-hydroxylation sites is 2. The first-order chi connectivity index (χ1) is 13.1. The van der Waals surface area contributed by atoms with Crippen LogP contribution in [-0.4, -0.2) is 44.6 Å². The predicted molar refractivity (Wildman–Crippen MR) is 101 cm³/mol. The molecule has 0 spiro atoms. The van der Waals surface area contributed by atoms with E-state index >= 15 is 0 Å². The van der Waals surface area contributed by atoms with Crippen LogP contribution in [0.3, 0.4) is 0 Å². The summed E-state index contributed by atoms with van der Waals surface area (Å²) >= 11 is 0. The predicted octanol–water partition coefficient (Wildman–Crippen LogP) is 2.02. The van der Waals surface area contributed by atoms with E-state index in [1.807, 2.05) is 25.1 Å². The van der Waals surface area contributed by atoms with E-state index in [1.54, 1.807) is 36.4 Å². The van der Waals surface area contributed by atoms with Crippen molar-refractivity contribution in [2.45, 2.75) is 6.92 Å². The Hall–Kier alpha value is -3.35. The second kappa shape index (κ2) is 9.96. The Morgan fingerprint density at radius 1 is 1.00 bits per heavy atom. The number of carbonyl (C=O) groups excluding carboxylic acids is 3. The number of rotatable bonds is 8. The zero-order valence-corrected chi connectivity index (χ0v) is 15.3. The molecule has 2 rings (SSSR count). The van der Waals surface area contributed by atoms with Crippen LogP contribution in [0.25, 0.3) is 0 Å². The lowest BCUT2D eigenvalue weighted by molar-refractivity contribution is -0.146. The summed E-state index contributed by atoms with van der Waals surface area (Å²) in [4.78, 5) is 37.8. The molecular formula is C20H22N2O5. The minimum absolute atomic E-state index is 0.310. The minimum Gasteiger partial charge on any atom is -0.496 e. The lowest BCUT2D eigenvalue weighted by Gasteiger charge is -2.20. The molecule has 142 valence electrons. The first kappa shape index (κ1) is 20.0. The molecule has 0 aliphatic carbocycles. The number of ether oxygens (including phenoxy) is 2. The number of hydrogen-bond acceptors (Lipinski definition) is 5. The second-order valence-corrected chi connectivity index (χ2v) is 5.52. The largest absolute Gasteiger partial charge is 0.496 e. The summed E-state index contributed by atoms with van der Waals surface area (Å²) in [6.45, 7) is 1.54. The lowest BCUT2D eigenvalue weighted by atomic mass is 10.2. The molecule has 0 aromatic heterocycles. The van der Waals surface area contributed by atoms with E-state index in [9.17, 15) is 14.4 Å². The fourth-order valence-corrected chi connectivity index (χ4v) is 2.46. The number of likely N-dealkylation sites (N-methyl/N-ethyl adjacent to an activating group) is 1. The monoisotopic (exact) mass is 370 g/mol. The van der Waals surface area contributed by atoms with Gasteiger partial charge in [-0.15, -0.1) is 0 Å². The van der Waals surface area contributed by atoms with Crippen LogP contribution >= 0.6 is 0 Å². The van der Waals surface area contributed by atoms with Crippen molar-refractivity contribution >= 4 is 23.5 Å². The van der Waals surface area contributed by atoms with E-state index in [0.29, 0.717) is 17.9 Å². The smallest absolute Gasteiger partial charge is 0.325 e. The van der Waals surface area contributed by atoms with Gasteiger partial charge in [0.25, 0.3) is 11.8 Å². The molecule has 0 aliphatic heterocycles. The van der Waals surface area contributed by atoms with Crippen molar-refractivity contribution in [3.8, 4) is 5.75 Å². The Kier molecular flexibility index (Phi) is 7.37. The van der Waals surface area contributed by atoms with E-state index in [2.05, 4.69) is 5.32 Å². The van der Waals surface area contributed by atoms with Gasteiger partial charge in [-0.05, 0) is 31.2 Å². The summed E-state index contributed by atoms with van der Waals surface area (Å²) in [6.07, 6.45) is 0. The number of esters is 1. The van der Waals surface area contributed by atoms with Gasteiger partial charge in [-0.25, -0.2) is 0 Å². The van der Waals surface area contributed by atoms with Gasteiger partial charge in [-0.3, -0.25) is 14.4 Å². The Bertz CT molecular complexity index is 792. The number of benzene rings is 2. The van der Waals surface area contributed by atoms with E-state index < -0.39 is 18.5 Å². The van der Waals surface area contributed by atoms with Crippen LogP contribution in [0.2, 0.25) is 0 Å². The molecule has 0 fully saturated rings. The SMILES string of the molecule is CCN(C(=O)COC(=O)CNC(=O)c1ccccc1OC)c1ccccc1. The third-order valence-electron chi connectivity index (χ3n) is 3.79. The van der Waals surface area contributed by atoms with Crippen LogP contribution in [0, 0.1) is 0 Å². The number of hydrogen-bond donors (Lipinski definition) is 1. The summed E-state index contributed by atoms with van der Waals surface area (Å²) < 4.78 is 10.1. The van der Waals surface area contributed by atoms with Gasteiger partial charge in [0, 0.05) is 12.2 Å². The molecule has 0 saturated heterocycles. The average Bonchev–Trinajstić information content (AvgIpc) is 2.71. The normalized spacial score (nSPS) is 10.0. The maximum Gasteiger partial charge on any atom is 0.325 e. The van der Waals surface area contributed by atoms with Gasteiger partial charge in [-0.1, -0.05) is 30.3 Å². The number of carbonyl (C=O) groups is 3. The van der Waals surface area contributed by atoms with Gasteiger partial charge in [0.15, 0.2) is 6.61 Å². The van der Waals surface area contributed by atoms with Crippen LogP contribution in [0.5, 0.6) is 5.75 Å². The second-order valence-electron chi connectivity index (χ2n) is 5.52. The zero-order chi connectivity index (χ0) is 19.6. The Morgan fingerprint density at radius 3 is 2.33 bits per heavy atom. The van der Waals surface area contributed by atoms with Gasteiger partial charge in [0.05, 0.1) is 12.7 Å². The van der Waals surface area contributed by atoms with Crippen molar-refractivity contribution in [3.63, 3.8) is 0 Å². The van der Waals surface area contributed by atoms with Gasteiger partial charge < -0.3 is 19.7 Å². The van der Waals surface area contributed by atoms with Crippen LogP contribution in [0.1, 0.15) is 17.3 Å². The van der Waals surface area contributed by atoms with Crippen molar-refractivity contribution in [3.05, 3.63) is 60.2 Å². The number of amides is 2. The van der Waals surface area contributed by atoms with Crippen molar-refractivity contribution in [1.82, 2.24) is 5.32 Å². The molecule has 0 heterocycles. The molecule has 0 bridgehead atoms. The van der Waals surface area contributed by atoms with E-state index in [0.717, 1.165) is 5.69 Å². The maximum atomic E-state index is 12.3.